The van der Waals surface area contributed by atoms with E-state index in [1.165, 1.54) is 12.0 Å². The number of hydrogen-bond acceptors (Lipinski definition) is 3. The van der Waals surface area contributed by atoms with Gasteiger partial charge in [-0.15, -0.1) is 0 Å². The number of aryl methyl sites for hydroxylation is 3. The highest BCUT2D eigenvalue weighted by molar-refractivity contribution is 5.10. The Hall–Kier alpha value is -1.71. The van der Waals surface area contributed by atoms with E-state index < -0.39 is 0 Å². The molecule has 19 heavy (non-hydrogen) atoms. The van der Waals surface area contributed by atoms with E-state index in [0.717, 1.165) is 30.9 Å². The molecule has 0 bridgehead atoms. The molecule has 0 aromatic carbocycles. The summed E-state index contributed by atoms with van der Waals surface area (Å²) in [6.45, 7) is 4.45. The summed E-state index contributed by atoms with van der Waals surface area (Å²) in [5.41, 5.74) is 1.24. The van der Waals surface area contributed by atoms with Crippen LogP contribution < -0.4 is 0 Å². The summed E-state index contributed by atoms with van der Waals surface area (Å²) in [5, 5.41) is 4.50. The summed E-state index contributed by atoms with van der Waals surface area (Å²) in [7, 11) is 1.98. The van der Waals surface area contributed by atoms with Crippen LogP contribution in [-0.4, -0.2) is 19.7 Å². The van der Waals surface area contributed by atoms with Gasteiger partial charge in [0, 0.05) is 32.3 Å². The zero-order valence-electron chi connectivity index (χ0n) is 12.0. The summed E-state index contributed by atoms with van der Waals surface area (Å²) in [4.78, 5) is 8.78. The van der Waals surface area contributed by atoms with Gasteiger partial charge < -0.3 is 0 Å². The summed E-state index contributed by atoms with van der Waals surface area (Å²) in [6.07, 6.45) is 7.73. The van der Waals surface area contributed by atoms with Gasteiger partial charge in [-0.25, -0.2) is 4.98 Å². The van der Waals surface area contributed by atoms with Crippen LogP contribution in [0.2, 0.25) is 0 Å². The van der Waals surface area contributed by atoms with Crippen molar-refractivity contribution in [1.29, 1.82) is 0 Å². The molecule has 2 aromatic rings. The molecule has 0 spiro atoms. The van der Waals surface area contributed by atoms with Crippen molar-refractivity contribution in [3.05, 3.63) is 41.7 Å². The summed E-state index contributed by atoms with van der Waals surface area (Å²) >= 11 is 0. The third-order valence-electron chi connectivity index (χ3n) is 3.49. The van der Waals surface area contributed by atoms with Crippen molar-refractivity contribution >= 4 is 0 Å². The fourth-order valence-corrected chi connectivity index (χ4v) is 2.04. The molecule has 0 fully saturated rings. The molecule has 4 heteroatoms. The second kappa shape index (κ2) is 6.45. The Morgan fingerprint density at radius 2 is 2.16 bits per heavy atom. The van der Waals surface area contributed by atoms with Crippen molar-refractivity contribution < 1.29 is 0 Å². The van der Waals surface area contributed by atoms with Gasteiger partial charge in [0.15, 0.2) is 5.82 Å². The minimum absolute atomic E-state index is 0.647. The first kappa shape index (κ1) is 13.7. The molecule has 0 amide bonds. The molecule has 0 saturated carbocycles. The third-order valence-corrected chi connectivity index (χ3v) is 3.49. The fraction of sp³-hybridized carbons (Fsp3) is 0.533. The van der Waals surface area contributed by atoms with Gasteiger partial charge in [-0.1, -0.05) is 26.3 Å². The van der Waals surface area contributed by atoms with Crippen LogP contribution in [0.1, 0.15) is 37.5 Å². The molecule has 0 radical (unpaired) electrons. The van der Waals surface area contributed by atoms with Crippen LogP contribution >= 0.6 is 0 Å². The molecule has 2 aromatic heterocycles. The number of hydrogen-bond donors (Lipinski definition) is 0. The molecule has 0 N–H and O–H groups in total. The maximum atomic E-state index is 4.64. The smallest absolute Gasteiger partial charge is 0.151 e. The molecule has 1 atom stereocenters. The highest BCUT2D eigenvalue weighted by Gasteiger charge is 2.10. The first-order chi connectivity index (χ1) is 9.19. The van der Waals surface area contributed by atoms with Crippen molar-refractivity contribution in [3.63, 3.8) is 0 Å². The Bertz CT molecular complexity index is 504. The van der Waals surface area contributed by atoms with E-state index in [0.29, 0.717) is 5.92 Å². The van der Waals surface area contributed by atoms with Gasteiger partial charge in [0.2, 0.25) is 0 Å². The van der Waals surface area contributed by atoms with Gasteiger partial charge in [0.05, 0.1) is 0 Å². The molecule has 102 valence electrons. The van der Waals surface area contributed by atoms with Gasteiger partial charge in [0.25, 0.3) is 0 Å². The lowest BCUT2D eigenvalue weighted by Gasteiger charge is -2.02. The molecule has 2 rings (SSSR count). The highest BCUT2D eigenvalue weighted by atomic mass is 15.3. The van der Waals surface area contributed by atoms with Crippen LogP contribution in [0.25, 0.3) is 0 Å². The number of rotatable bonds is 6. The second-order valence-corrected chi connectivity index (χ2v) is 5.15. The van der Waals surface area contributed by atoms with E-state index in [-0.39, 0.29) is 0 Å². The zero-order chi connectivity index (χ0) is 13.7. The van der Waals surface area contributed by atoms with E-state index in [2.05, 4.69) is 35.0 Å². The molecule has 0 aliphatic carbocycles. The normalized spacial score (nSPS) is 12.6. The Morgan fingerprint density at radius 1 is 1.32 bits per heavy atom. The van der Waals surface area contributed by atoms with E-state index in [1.807, 2.05) is 24.0 Å². The molecule has 0 saturated heterocycles. The van der Waals surface area contributed by atoms with Crippen molar-refractivity contribution in [3.8, 4) is 0 Å². The zero-order valence-corrected chi connectivity index (χ0v) is 12.0. The summed E-state index contributed by atoms with van der Waals surface area (Å²) < 4.78 is 1.91. The SMILES string of the molecule is CC[C@@H](C)Cc1nc(CCc2cccnc2)n(C)n1. The van der Waals surface area contributed by atoms with Crippen LogP contribution in [0.4, 0.5) is 0 Å². The molecule has 2 heterocycles. The first-order valence-corrected chi connectivity index (χ1v) is 6.96. The summed E-state index contributed by atoms with van der Waals surface area (Å²) in [6, 6.07) is 4.07. The average Bonchev–Trinajstić information content (AvgIpc) is 2.77. The van der Waals surface area contributed by atoms with E-state index in [1.54, 1.807) is 6.20 Å². The van der Waals surface area contributed by atoms with Crippen LogP contribution in [0.15, 0.2) is 24.5 Å². The Balaban J connectivity index is 1.97. The molecule has 0 aliphatic heterocycles. The van der Waals surface area contributed by atoms with E-state index >= 15 is 0 Å². The van der Waals surface area contributed by atoms with Crippen molar-refractivity contribution in [2.45, 2.75) is 39.5 Å². The predicted molar refractivity (Wildman–Crippen MR) is 75.8 cm³/mol. The lowest BCUT2D eigenvalue weighted by atomic mass is 10.1. The van der Waals surface area contributed by atoms with Gasteiger partial charge >= 0.3 is 0 Å². The lowest BCUT2D eigenvalue weighted by molar-refractivity contribution is 0.540. The quantitative estimate of drug-likeness (QED) is 0.800. The Morgan fingerprint density at radius 3 is 2.84 bits per heavy atom. The molecule has 0 unspecified atom stereocenters. The molecule has 4 nitrogen and oxygen atoms in total. The number of pyridine rings is 1. The maximum Gasteiger partial charge on any atom is 0.151 e. The Kier molecular flexibility index (Phi) is 4.66. The predicted octanol–water partition coefficient (Wildman–Crippen LogP) is 2.58. The van der Waals surface area contributed by atoms with Gasteiger partial charge in [0.1, 0.15) is 5.82 Å². The van der Waals surface area contributed by atoms with Gasteiger partial charge in [-0.2, -0.15) is 5.10 Å². The van der Waals surface area contributed by atoms with Crippen molar-refractivity contribution in [2.24, 2.45) is 13.0 Å². The van der Waals surface area contributed by atoms with E-state index in [9.17, 15) is 0 Å². The van der Waals surface area contributed by atoms with E-state index in [4.69, 9.17) is 0 Å². The number of aromatic nitrogens is 4. The minimum atomic E-state index is 0.647. The van der Waals surface area contributed by atoms with Gasteiger partial charge in [-0.3, -0.25) is 9.67 Å². The standard InChI is InChI=1S/C15H22N4/c1-4-12(2)10-14-17-15(19(3)18-14)8-7-13-6-5-9-16-11-13/h5-6,9,11-12H,4,7-8,10H2,1-3H3/t12-/m1/s1. The monoisotopic (exact) mass is 258 g/mol. The first-order valence-electron chi connectivity index (χ1n) is 6.96. The molecule has 0 aliphatic rings. The van der Waals surface area contributed by atoms with Crippen LogP contribution in [0.3, 0.4) is 0 Å². The second-order valence-electron chi connectivity index (χ2n) is 5.15. The lowest BCUT2D eigenvalue weighted by Crippen LogP contribution is -2.01. The number of nitrogens with zero attached hydrogens (tertiary/aromatic N) is 4. The Labute approximate surface area is 114 Å². The van der Waals surface area contributed by atoms with Gasteiger partial charge in [-0.05, 0) is 24.0 Å². The van der Waals surface area contributed by atoms with Crippen LogP contribution in [0, 0.1) is 5.92 Å². The third kappa shape index (κ3) is 3.88. The van der Waals surface area contributed by atoms with Crippen LogP contribution in [0.5, 0.6) is 0 Å². The maximum absolute atomic E-state index is 4.64. The largest absolute Gasteiger partial charge is 0.264 e. The topological polar surface area (TPSA) is 43.6 Å². The van der Waals surface area contributed by atoms with Crippen molar-refractivity contribution in [2.75, 3.05) is 0 Å². The molecular formula is C15H22N4. The average molecular weight is 258 g/mol. The van der Waals surface area contributed by atoms with Crippen LogP contribution in [-0.2, 0) is 26.3 Å². The van der Waals surface area contributed by atoms with Crippen molar-refractivity contribution in [1.82, 2.24) is 19.7 Å². The summed E-state index contributed by atoms with van der Waals surface area (Å²) in [5.74, 6) is 2.67. The molecular weight excluding hydrogens is 236 g/mol. The fourth-order valence-electron chi connectivity index (χ4n) is 2.04. The minimum Gasteiger partial charge on any atom is -0.264 e. The highest BCUT2D eigenvalue weighted by Crippen LogP contribution is 2.10.